The van der Waals surface area contributed by atoms with Gasteiger partial charge < -0.3 is 24.3 Å². The third-order valence-corrected chi connectivity index (χ3v) is 4.63. The van der Waals surface area contributed by atoms with Crippen LogP contribution in [0.2, 0.25) is 0 Å². The average molecular weight is 435 g/mol. The lowest BCUT2D eigenvalue weighted by atomic mass is 10.1. The molecule has 0 saturated carbocycles. The zero-order valence-corrected chi connectivity index (χ0v) is 18.2. The van der Waals surface area contributed by atoms with Gasteiger partial charge in [-0.05, 0) is 42.8 Å². The maximum Gasteiger partial charge on any atom is 0.338 e. The summed E-state index contributed by atoms with van der Waals surface area (Å²) in [4.78, 5) is 24.7. The molecule has 0 aromatic heterocycles. The molecule has 0 aliphatic carbocycles. The maximum atomic E-state index is 12.4. The zero-order valence-electron chi connectivity index (χ0n) is 18.2. The summed E-state index contributed by atoms with van der Waals surface area (Å²) in [6.45, 7) is 1.92. The fourth-order valence-electron chi connectivity index (χ4n) is 2.91. The van der Waals surface area contributed by atoms with E-state index in [2.05, 4.69) is 5.32 Å². The molecule has 0 heterocycles. The number of anilines is 1. The number of nitrogens with one attached hydrogen (secondary N) is 1. The molecule has 3 aromatic rings. The van der Waals surface area contributed by atoms with Crippen molar-refractivity contribution in [1.29, 1.82) is 0 Å². The SMILES string of the molecule is COc1ccccc1NC(=O)COc1ccc(C(=O)OCc2ccc(C)cc2)cc1OC. The summed E-state index contributed by atoms with van der Waals surface area (Å²) in [5, 5.41) is 2.73. The standard InChI is InChI=1S/C25H25NO6/c1-17-8-10-18(11-9-17)15-32-25(28)19-12-13-22(23(14-19)30-3)31-16-24(27)26-20-6-4-5-7-21(20)29-2/h4-14H,15-16H2,1-3H3,(H,26,27). The van der Waals surface area contributed by atoms with Gasteiger partial charge in [-0.1, -0.05) is 42.0 Å². The molecule has 0 atom stereocenters. The highest BCUT2D eigenvalue weighted by molar-refractivity contribution is 5.93. The van der Waals surface area contributed by atoms with Crippen molar-refractivity contribution in [2.24, 2.45) is 0 Å². The molecule has 0 aliphatic heterocycles. The molecule has 3 aromatic carbocycles. The smallest absolute Gasteiger partial charge is 0.338 e. The van der Waals surface area contributed by atoms with Crippen molar-refractivity contribution in [2.45, 2.75) is 13.5 Å². The lowest BCUT2D eigenvalue weighted by Crippen LogP contribution is -2.20. The van der Waals surface area contributed by atoms with Crippen molar-refractivity contribution in [2.75, 3.05) is 26.1 Å². The van der Waals surface area contributed by atoms with Crippen LogP contribution in [0, 0.1) is 6.92 Å². The molecule has 1 amide bonds. The number of carbonyl (C=O) groups is 2. The highest BCUT2D eigenvalue weighted by Crippen LogP contribution is 2.29. The minimum atomic E-state index is -0.482. The summed E-state index contributed by atoms with van der Waals surface area (Å²) in [6.07, 6.45) is 0. The van der Waals surface area contributed by atoms with Crippen LogP contribution >= 0.6 is 0 Å². The molecule has 0 radical (unpaired) electrons. The van der Waals surface area contributed by atoms with Gasteiger partial charge >= 0.3 is 5.97 Å². The van der Waals surface area contributed by atoms with E-state index in [0.717, 1.165) is 11.1 Å². The Bertz CT molecular complexity index is 1080. The molecule has 0 bridgehead atoms. The number of methoxy groups -OCH3 is 2. The van der Waals surface area contributed by atoms with Gasteiger partial charge in [0.15, 0.2) is 18.1 Å². The van der Waals surface area contributed by atoms with Crippen molar-refractivity contribution in [3.8, 4) is 17.2 Å². The molecular weight excluding hydrogens is 410 g/mol. The Labute approximate surface area is 186 Å². The average Bonchev–Trinajstić information content (AvgIpc) is 2.82. The van der Waals surface area contributed by atoms with Crippen molar-refractivity contribution in [3.63, 3.8) is 0 Å². The van der Waals surface area contributed by atoms with Gasteiger partial charge in [-0.2, -0.15) is 0 Å². The van der Waals surface area contributed by atoms with E-state index in [1.807, 2.05) is 37.3 Å². The Hall–Kier alpha value is -4.00. The highest BCUT2D eigenvalue weighted by atomic mass is 16.5. The largest absolute Gasteiger partial charge is 0.495 e. The lowest BCUT2D eigenvalue weighted by Gasteiger charge is -2.13. The number of aryl methyl sites for hydroxylation is 1. The molecule has 0 aliphatic rings. The van der Waals surface area contributed by atoms with E-state index in [1.54, 1.807) is 30.3 Å². The van der Waals surface area contributed by atoms with Crippen molar-refractivity contribution in [1.82, 2.24) is 0 Å². The first kappa shape index (κ1) is 22.7. The molecule has 166 valence electrons. The molecule has 0 unspecified atom stereocenters. The Kier molecular flexibility index (Phi) is 7.70. The summed E-state index contributed by atoms with van der Waals surface area (Å²) in [5.41, 5.74) is 2.90. The number of hydrogen-bond acceptors (Lipinski definition) is 6. The third-order valence-electron chi connectivity index (χ3n) is 4.63. The van der Waals surface area contributed by atoms with Gasteiger partial charge in [-0.3, -0.25) is 4.79 Å². The lowest BCUT2D eigenvalue weighted by molar-refractivity contribution is -0.118. The quantitative estimate of drug-likeness (QED) is 0.502. The number of benzene rings is 3. The predicted molar refractivity (Wildman–Crippen MR) is 120 cm³/mol. The van der Waals surface area contributed by atoms with Gasteiger partial charge in [0.2, 0.25) is 0 Å². The first-order valence-corrected chi connectivity index (χ1v) is 9.96. The minimum Gasteiger partial charge on any atom is -0.495 e. The molecule has 32 heavy (non-hydrogen) atoms. The van der Waals surface area contributed by atoms with E-state index in [4.69, 9.17) is 18.9 Å². The van der Waals surface area contributed by atoms with Gasteiger partial charge in [0.05, 0.1) is 25.5 Å². The first-order chi connectivity index (χ1) is 15.5. The molecule has 0 fully saturated rings. The zero-order chi connectivity index (χ0) is 22.9. The van der Waals surface area contributed by atoms with Gasteiger partial charge in [0.25, 0.3) is 5.91 Å². The molecule has 7 nitrogen and oxygen atoms in total. The van der Waals surface area contributed by atoms with Gasteiger partial charge in [-0.15, -0.1) is 0 Å². The number of amides is 1. The molecular formula is C25H25NO6. The summed E-state index contributed by atoms with van der Waals surface area (Å²) in [7, 11) is 2.98. The van der Waals surface area contributed by atoms with E-state index in [1.165, 1.54) is 20.3 Å². The molecule has 1 N–H and O–H groups in total. The van der Waals surface area contributed by atoms with E-state index in [-0.39, 0.29) is 19.1 Å². The minimum absolute atomic E-state index is 0.169. The van der Waals surface area contributed by atoms with Crippen LogP contribution < -0.4 is 19.5 Å². The van der Waals surface area contributed by atoms with Crippen molar-refractivity contribution in [3.05, 3.63) is 83.4 Å². The second-order valence-corrected chi connectivity index (χ2v) is 6.96. The maximum absolute atomic E-state index is 12.4. The molecule has 0 spiro atoms. The van der Waals surface area contributed by atoms with Crippen LogP contribution in [0.1, 0.15) is 21.5 Å². The van der Waals surface area contributed by atoms with Crippen LogP contribution in [0.3, 0.4) is 0 Å². The predicted octanol–water partition coefficient (Wildman–Crippen LogP) is 4.39. The summed E-state index contributed by atoms with van der Waals surface area (Å²) >= 11 is 0. The monoisotopic (exact) mass is 435 g/mol. The fourth-order valence-corrected chi connectivity index (χ4v) is 2.91. The summed E-state index contributed by atoms with van der Waals surface area (Å²) in [5.74, 6) is 0.354. The molecule has 0 saturated heterocycles. The van der Waals surface area contributed by atoms with Crippen LogP contribution in [0.5, 0.6) is 17.2 Å². The van der Waals surface area contributed by atoms with Gasteiger partial charge in [0, 0.05) is 0 Å². The van der Waals surface area contributed by atoms with Crippen LogP contribution in [-0.4, -0.2) is 32.7 Å². The number of hydrogen-bond donors (Lipinski definition) is 1. The van der Waals surface area contributed by atoms with Crippen LogP contribution in [0.4, 0.5) is 5.69 Å². The van der Waals surface area contributed by atoms with E-state index < -0.39 is 5.97 Å². The van der Waals surface area contributed by atoms with E-state index in [9.17, 15) is 9.59 Å². The number of rotatable bonds is 9. The fraction of sp³-hybridized carbons (Fsp3) is 0.200. The summed E-state index contributed by atoms with van der Waals surface area (Å²) < 4.78 is 21.5. The number of para-hydroxylation sites is 2. The Morgan fingerprint density at radius 2 is 1.56 bits per heavy atom. The topological polar surface area (TPSA) is 83.1 Å². The Morgan fingerprint density at radius 3 is 2.28 bits per heavy atom. The van der Waals surface area contributed by atoms with Crippen molar-refractivity contribution < 1.29 is 28.5 Å². The molecule has 3 rings (SSSR count). The second-order valence-electron chi connectivity index (χ2n) is 6.96. The number of carbonyl (C=O) groups excluding carboxylic acids is 2. The van der Waals surface area contributed by atoms with E-state index >= 15 is 0 Å². The van der Waals surface area contributed by atoms with Crippen LogP contribution in [-0.2, 0) is 16.1 Å². The number of esters is 1. The van der Waals surface area contributed by atoms with Gasteiger partial charge in [-0.25, -0.2) is 4.79 Å². The van der Waals surface area contributed by atoms with Crippen molar-refractivity contribution >= 4 is 17.6 Å². The highest BCUT2D eigenvalue weighted by Gasteiger charge is 2.14. The number of ether oxygens (including phenoxy) is 4. The van der Waals surface area contributed by atoms with Crippen LogP contribution in [0.15, 0.2) is 66.7 Å². The van der Waals surface area contributed by atoms with Gasteiger partial charge in [0.1, 0.15) is 12.4 Å². The van der Waals surface area contributed by atoms with Crippen LogP contribution in [0.25, 0.3) is 0 Å². The second kappa shape index (κ2) is 10.9. The van der Waals surface area contributed by atoms with E-state index in [0.29, 0.717) is 28.5 Å². The first-order valence-electron chi connectivity index (χ1n) is 9.96. The summed E-state index contributed by atoms with van der Waals surface area (Å²) in [6, 6.07) is 19.5. The normalized spacial score (nSPS) is 10.2. The molecule has 7 heteroatoms. The third kappa shape index (κ3) is 6.01. The Morgan fingerprint density at radius 1 is 0.844 bits per heavy atom. The Balaban J connectivity index is 1.58.